The zero-order chi connectivity index (χ0) is 17.7. The van der Waals surface area contributed by atoms with Gasteiger partial charge >= 0.3 is 5.97 Å². The third-order valence-electron chi connectivity index (χ3n) is 4.35. The van der Waals surface area contributed by atoms with Gasteiger partial charge in [0.15, 0.2) is 0 Å². The number of hydrogen-bond donors (Lipinski definition) is 2. The maximum atomic E-state index is 12.7. The maximum Gasteiger partial charge on any atom is 0.303 e. The number of rotatable bonds is 6. The van der Waals surface area contributed by atoms with Crippen molar-refractivity contribution in [1.82, 2.24) is 9.88 Å². The molecule has 1 aliphatic heterocycles. The summed E-state index contributed by atoms with van der Waals surface area (Å²) in [7, 11) is 0. The highest BCUT2D eigenvalue weighted by Gasteiger charge is 2.25. The van der Waals surface area contributed by atoms with Crippen LogP contribution in [-0.2, 0) is 11.2 Å². The molecule has 1 saturated heterocycles. The van der Waals surface area contributed by atoms with Crippen LogP contribution in [0.2, 0.25) is 0 Å². The molecule has 1 fully saturated rings. The van der Waals surface area contributed by atoms with Crippen LogP contribution < -0.4 is 5.56 Å². The zero-order valence-electron chi connectivity index (χ0n) is 14.4. The number of H-pyrrole nitrogens is 1. The van der Waals surface area contributed by atoms with Crippen LogP contribution in [-0.4, -0.2) is 40.0 Å². The lowest BCUT2D eigenvalue weighted by atomic mass is 9.93. The molecule has 1 amide bonds. The van der Waals surface area contributed by atoms with Gasteiger partial charge < -0.3 is 15.0 Å². The Labute approximate surface area is 141 Å². The van der Waals surface area contributed by atoms with E-state index in [1.807, 2.05) is 0 Å². The molecule has 1 aromatic rings. The number of nitrogens with zero attached hydrogens (tertiary/aromatic N) is 1. The lowest BCUT2D eigenvalue weighted by molar-refractivity contribution is -0.137. The molecule has 132 valence electrons. The van der Waals surface area contributed by atoms with Crippen molar-refractivity contribution >= 4 is 11.9 Å². The number of carboxylic acid groups (broad SMARTS) is 1. The van der Waals surface area contributed by atoms with Crippen LogP contribution >= 0.6 is 0 Å². The SMILES string of the molecule is CC(C)Cc1cc(C(=O)N2CCCC(CCC(=O)O)C2)cc(=O)[nH]1. The van der Waals surface area contributed by atoms with E-state index in [2.05, 4.69) is 18.8 Å². The zero-order valence-corrected chi connectivity index (χ0v) is 14.4. The molecule has 6 nitrogen and oxygen atoms in total. The number of pyridine rings is 1. The summed E-state index contributed by atoms with van der Waals surface area (Å²) in [6, 6.07) is 3.12. The fraction of sp³-hybridized carbons (Fsp3) is 0.611. The average molecular weight is 334 g/mol. The van der Waals surface area contributed by atoms with Crippen molar-refractivity contribution in [3.63, 3.8) is 0 Å². The van der Waals surface area contributed by atoms with E-state index in [4.69, 9.17) is 5.11 Å². The van der Waals surface area contributed by atoms with Crippen molar-refractivity contribution in [1.29, 1.82) is 0 Å². The van der Waals surface area contributed by atoms with Gasteiger partial charge in [-0.25, -0.2) is 0 Å². The number of amides is 1. The number of carbonyl (C=O) groups is 2. The summed E-state index contributed by atoms with van der Waals surface area (Å²) in [4.78, 5) is 39.8. The number of aromatic nitrogens is 1. The number of likely N-dealkylation sites (tertiary alicyclic amines) is 1. The largest absolute Gasteiger partial charge is 0.481 e. The van der Waals surface area contributed by atoms with Gasteiger partial charge in [0.1, 0.15) is 0 Å². The van der Waals surface area contributed by atoms with Gasteiger partial charge in [0, 0.05) is 36.8 Å². The van der Waals surface area contributed by atoms with Gasteiger partial charge in [0.25, 0.3) is 5.91 Å². The summed E-state index contributed by atoms with van der Waals surface area (Å²) in [5, 5.41) is 8.81. The molecule has 2 rings (SSSR count). The number of nitrogens with one attached hydrogen (secondary N) is 1. The maximum absolute atomic E-state index is 12.7. The normalized spacial score (nSPS) is 18.0. The van der Waals surface area contributed by atoms with Gasteiger partial charge in [-0.05, 0) is 43.6 Å². The van der Waals surface area contributed by atoms with Gasteiger partial charge in [-0.1, -0.05) is 13.8 Å². The third-order valence-corrected chi connectivity index (χ3v) is 4.35. The number of aliphatic carboxylic acids is 1. The number of carbonyl (C=O) groups excluding carboxylic acids is 1. The summed E-state index contributed by atoms with van der Waals surface area (Å²) in [5.74, 6) is -0.324. The first kappa shape index (κ1) is 18.2. The van der Waals surface area contributed by atoms with Gasteiger partial charge in [-0.3, -0.25) is 14.4 Å². The summed E-state index contributed by atoms with van der Waals surface area (Å²) in [5.41, 5.74) is 0.949. The van der Waals surface area contributed by atoms with Crippen LogP contribution in [0.4, 0.5) is 0 Å². The molecule has 1 aromatic heterocycles. The first-order valence-corrected chi connectivity index (χ1v) is 8.59. The Morgan fingerprint density at radius 1 is 1.38 bits per heavy atom. The number of aromatic amines is 1. The lowest BCUT2D eigenvalue weighted by Gasteiger charge is -2.32. The van der Waals surface area contributed by atoms with Gasteiger partial charge in [-0.15, -0.1) is 0 Å². The van der Waals surface area contributed by atoms with Gasteiger partial charge in [0.2, 0.25) is 5.56 Å². The van der Waals surface area contributed by atoms with E-state index in [-0.39, 0.29) is 23.8 Å². The topological polar surface area (TPSA) is 90.5 Å². The standard InChI is InChI=1S/C18H26N2O4/c1-12(2)8-15-9-14(10-16(21)19-15)18(24)20-7-3-4-13(11-20)5-6-17(22)23/h9-10,12-13H,3-8,11H2,1-2H3,(H,19,21)(H,22,23). The first-order chi connectivity index (χ1) is 11.3. The van der Waals surface area contributed by atoms with E-state index < -0.39 is 5.97 Å². The molecular weight excluding hydrogens is 308 g/mol. The first-order valence-electron chi connectivity index (χ1n) is 8.59. The van der Waals surface area contributed by atoms with Gasteiger partial charge in [0.05, 0.1) is 0 Å². The molecular formula is C18H26N2O4. The molecule has 0 radical (unpaired) electrons. The molecule has 0 aromatic carbocycles. The number of hydrogen-bond acceptors (Lipinski definition) is 3. The van der Waals surface area contributed by atoms with Gasteiger partial charge in [-0.2, -0.15) is 0 Å². The predicted octanol–water partition coefficient (Wildman–Crippen LogP) is 2.29. The highest BCUT2D eigenvalue weighted by atomic mass is 16.4. The minimum Gasteiger partial charge on any atom is -0.481 e. The Morgan fingerprint density at radius 2 is 2.12 bits per heavy atom. The monoisotopic (exact) mass is 334 g/mol. The van der Waals surface area contributed by atoms with Crippen LogP contribution in [0.15, 0.2) is 16.9 Å². The van der Waals surface area contributed by atoms with Crippen LogP contribution in [0.3, 0.4) is 0 Å². The quantitative estimate of drug-likeness (QED) is 0.835. The van der Waals surface area contributed by atoms with Crippen LogP contribution in [0.25, 0.3) is 0 Å². The Hall–Kier alpha value is -2.11. The number of carboxylic acids is 1. The van der Waals surface area contributed by atoms with Crippen molar-refractivity contribution in [3.05, 3.63) is 33.7 Å². The van der Waals surface area contributed by atoms with Crippen molar-refractivity contribution in [2.45, 2.75) is 46.0 Å². The summed E-state index contributed by atoms with van der Waals surface area (Å²) < 4.78 is 0. The summed E-state index contributed by atoms with van der Waals surface area (Å²) in [6.07, 6.45) is 3.27. The fourth-order valence-corrected chi connectivity index (χ4v) is 3.27. The third kappa shape index (κ3) is 5.22. The Kier molecular flexibility index (Phi) is 6.17. The van der Waals surface area contributed by atoms with Crippen molar-refractivity contribution in [2.24, 2.45) is 11.8 Å². The van der Waals surface area contributed by atoms with Crippen LogP contribution in [0.5, 0.6) is 0 Å². The van der Waals surface area contributed by atoms with E-state index >= 15 is 0 Å². The van der Waals surface area contributed by atoms with Crippen LogP contribution in [0, 0.1) is 11.8 Å². The second-order valence-corrected chi connectivity index (χ2v) is 7.05. The highest BCUT2D eigenvalue weighted by Crippen LogP contribution is 2.22. The van der Waals surface area contributed by atoms with E-state index in [0.717, 1.165) is 25.0 Å². The minimum absolute atomic E-state index is 0.133. The van der Waals surface area contributed by atoms with Crippen molar-refractivity contribution in [2.75, 3.05) is 13.1 Å². The molecule has 24 heavy (non-hydrogen) atoms. The van der Waals surface area contributed by atoms with Crippen molar-refractivity contribution in [3.8, 4) is 0 Å². The van der Waals surface area contributed by atoms with Crippen molar-refractivity contribution < 1.29 is 14.7 Å². The molecule has 6 heteroatoms. The molecule has 0 saturated carbocycles. The molecule has 1 aliphatic rings. The summed E-state index contributed by atoms with van der Waals surface area (Å²) >= 11 is 0. The highest BCUT2D eigenvalue weighted by molar-refractivity contribution is 5.94. The van der Waals surface area contributed by atoms with E-state index in [1.165, 1.54) is 6.07 Å². The summed E-state index contributed by atoms with van der Waals surface area (Å²) in [6.45, 7) is 5.35. The minimum atomic E-state index is -0.800. The van der Waals surface area contributed by atoms with E-state index in [0.29, 0.717) is 31.0 Å². The second kappa shape index (κ2) is 8.13. The molecule has 1 atom stereocenters. The predicted molar refractivity (Wildman–Crippen MR) is 91.1 cm³/mol. The Balaban J connectivity index is 2.08. The molecule has 0 aliphatic carbocycles. The average Bonchev–Trinajstić information content (AvgIpc) is 2.51. The Bertz CT molecular complexity index is 651. The lowest BCUT2D eigenvalue weighted by Crippen LogP contribution is -2.40. The van der Waals surface area contributed by atoms with E-state index in [1.54, 1.807) is 11.0 Å². The molecule has 0 bridgehead atoms. The fourth-order valence-electron chi connectivity index (χ4n) is 3.27. The number of piperidine rings is 1. The molecule has 0 spiro atoms. The Morgan fingerprint density at radius 3 is 2.79 bits per heavy atom. The second-order valence-electron chi connectivity index (χ2n) is 7.05. The van der Waals surface area contributed by atoms with E-state index in [9.17, 15) is 14.4 Å². The molecule has 1 unspecified atom stereocenters. The molecule has 2 heterocycles. The van der Waals surface area contributed by atoms with Crippen LogP contribution in [0.1, 0.15) is 55.6 Å². The molecule has 2 N–H and O–H groups in total. The smallest absolute Gasteiger partial charge is 0.303 e.